The number of aliphatic hydroxyl groups excluding tert-OH is 1. The maximum Gasteiger partial charge on any atom is 0.301 e. The summed E-state index contributed by atoms with van der Waals surface area (Å²) in [6, 6.07) is 18.7. The second-order valence-electron chi connectivity index (χ2n) is 10.3. The van der Waals surface area contributed by atoms with Crippen molar-refractivity contribution >= 4 is 44.1 Å². The molecule has 1 aliphatic rings. The molecule has 42 heavy (non-hydrogen) atoms. The molecule has 1 saturated heterocycles. The summed E-state index contributed by atoms with van der Waals surface area (Å²) in [6.07, 6.45) is 0.885. The fourth-order valence-corrected chi connectivity index (χ4v) is 5.84. The van der Waals surface area contributed by atoms with Crippen LogP contribution in [0, 0.1) is 5.92 Å². The summed E-state index contributed by atoms with van der Waals surface area (Å²) >= 11 is 1.29. The van der Waals surface area contributed by atoms with Gasteiger partial charge in [-0.1, -0.05) is 37.3 Å². The SMILES string of the molecule is CCOc1ccc(/C(O)=C2\C(=O)C(=O)N(c3nc4ccc(OCC)cc4s3)C2c2cccc(OCCC(C)C)c2)cc1. The van der Waals surface area contributed by atoms with E-state index < -0.39 is 17.7 Å². The molecule has 0 aliphatic carbocycles. The van der Waals surface area contributed by atoms with Gasteiger partial charge in [-0.15, -0.1) is 0 Å². The number of Topliss-reactive ketones (excluding diaryl/α,β-unsaturated/α-hetero) is 1. The van der Waals surface area contributed by atoms with E-state index >= 15 is 0 Å². The van der Waals surface area contributed by atoms with E-state index in [2.05, 4.69) is 13.8 Å². The van der Waals surface area contributed by atoms with Crippen molar-refractivity contribution in [2.24, 2.45) is 5.92 Å². The number of rotatable bonds is 11. The normalized spacial score (nSPS) is 16.4. The molecule has 1 unspecified atom stereocenters. The number of fused-ring (bicyclic) bond motifs is 1. The highest BCUT2D eigenvalue weighted by molar-refractivity contribution is 7.22. The van der Waals surface area contributed by atoms with E-state index in [1.165, 1.54) is 16.2 Å². The van der Waals surface area contributed by atoms with Gasteiger partial charge in [0.05, 0.1) is 41.7 Å². The topological polar surface area (TPSA) is 98.2 Å². The first-order valence-electron chi connectivity index (χ1n) is 14.1. The third-order valence-corrected chi connectivity index (χ3v) is 7.90. The number of ketones is 1. The Kier molecular flexibility index (Phi) is 8.77. The van der Waals surface area contributed by atoms with Crippen molar-refractivity contribution in [1.29, 1.82) is 0 Å². The highest BCUT2D eigenvalue weighted by Gasteiger charge is 2.48. The Hall–Kier alpha value is -4.37. The third kappa shape index (κ3) is 5.97. The van der Waals surface area contributed by atoms with Crippen molar-refractivity contribution < 1.29 is 28.9 Å². The Morgan fingerprint density at radius 3 is 2.33 bits per heavy atom. The summed E-state index contributed by atoms with van der Waals surface area (Å²) < 4.78 is 18.0. The Morgan fingerprint density at radius 1 is 0.929 bits per heavy atom. The molecule has 1 aromatic heterocycles. The molecule has 0 spiro atoms. The second kappa shape index (κ2) is 12.7. The van der Waals surface area contributed by atoms with Crippen molar-refractivity contribution in [3.8, 4) is 17.2 Å². The van der Waals surface area contributed by atoms with Crippen LogP contribution in [0.4, 0.5) is 5.13 Å². The summed E-state index contributed by atoms with van der Waals surface area (Å²) in [6.45, 7) is 9.61. The largest absolute Gasteiger partial charge is 0.507 e. The van der Waals surface area contributed by atoms with E-state index in [1.54, 1.807) is 24.3 Å². The number of anilines is 1. The summed E-state index contributed by atoms with van der Waals surface area (Å²) in [4.78, 5) is 33.4. The van der Waals surface area contributed by atoms with Crippen molar-refractivity contribution in [2.75, 3.05) is 24.7 Å². The summed E-state index contributed by atoms with van der Waals surface area (Å²) in [5, 5.41) is 11.9. The molecule has 3 aromatic carbocycles. The number of hydrogen-bond donors (Lipinski definition) is 1. The fraction of sp³-hybridized carbons (Fsp3) is 0.303. The number of amides is 1. The molecular weight excluding hydrogens is 552 g/mol. The van der Waals surface area contributed by atoms with Gasteiger partial charge in [0.25, 0.3) is 5.78 Å². The highest BCUT2D eigenvalue weighted by Crippen LogP contribution is 2.45. The molecule has 9 heteroatoms. The van der Waals surface area contributed by atoms with Gasteiger partial charge in [0.15, 0.2) is 5.13 Å². The maximum absolute atomic E-state index is 13.7. The maximum atomic E-state index is 13.7. The van der Waals surface area contributed by atoms with Crippen molar-refractivity contribution in [2.45, 2.75) is 40.2 Å². The van der Waals surface area contributed by atoms with E-state index in [1.807, 2.05) is 56.3 Å². The van der Waals surface area contributed by atoms with Crippen LogP contribution in [-0.2, 0) is 9.59 Å². The molecule has 0 radical (unpaired) electrons. The van der Waals surface area contributed by atoms with Crippen LogP contribution in [0.5, 0.6) is 17.2 Å². The number of carbonyl (C=O) groups excluding carboxylic acids is 2. The first-order valence-corrected chi connectivity index (χ1v) is 14.9. The molecule has 0 saturated carbocycles. The zero-order valence-corrected chi connectivity index (χ0v) is 24.9. The van der Waals surface area contributed by atoms with Crippen LogP contribution in [-0.4, -0.2) is 41.6 Å². The molecule has 1 N–H and O–H groups in total. The second-order valence-corrected chi connectivity index (χ2v) is 11.3. The van der Waals surface area contributed by atoms with Gasteiger partial charge >= 0.3 is 5.91 Å². The number of aromatic nitrogens is 1. The van der Waals surface area contributed by atoms with E-state index in [4.69, 9.17) is 19.2 Å². The lowest BCUT2D eigenvalue weighted by atomic mass is 9.95. The molecule has 1 aliphatic heterocycles. The van der Waals surface area contributed by atoms with Crippen LogP contribution < -0.4 is 19.1 Å². The Labute approximate surface area is 249 Å². The van der Waals surface area contributed by atoms with Gasteiger partial charge in [0.1, 0.15) is 23.0 Å². The molecule has 1 atom stereocenters. The molecule has 4 aromatic rings. The number of benzene rings is 3. The fourth-order valence-electron chi connectivity index (χ4n) is 4.82. The molecule has 218 valence electrons. The van der Waals surface area contributed by atoms with Crippen LogP contribution in [0.2, 0.25) is 0 Å². The van der Waals surface area contributed by atoms with Crippen LogP contribution >= 0.6 is 11.3 Å². The number of carbonyl (C=O) groups is 2. The lowest BCUT2D eigenvalue weighted by Gasteiger charge is -2.23. The number of aliphatic hydroxyl groups is 1. The minimum atomic E-state index is -0.919. The summed E-state index contributed by atoms with van der Waals surface area (Å²) in [5.74, 6) is 0.616. The van der Waals surface area contributed by atoms with E-state index in [0.717, 1.165) is 11.1 Å². The van der Waals surface area contributed by atoms with Gasteiger partial charge in [0.2, 0.25) is 0 Å². The Bertz CT molecular complexity index is 1630. The predicted molar refractivity (Wildman–Crippen MR) is 165 cm³/mol. The zero-order chi connectivity index (χ0) is 29.8. The van der Waals surface area contributed by atoms with E-state index in [-0.39, 0.29) is 11.3 Å². The zero-order valence-electron chi connectivity index (χ0n) is 24.1. The lowest BCUT2D eigenvalue weighted by molar-refractivity contribution is -0.132. The number of nitrogens with zero attached hydrogens (tertiary/aromatic N) is 2. The van der Waals surface area contributed by atoms with Gasteiger partial charge in [-0.05, 0) is 86.3 Å². The van der Waals surface area contributed by atoms with Crippen LogP contribution in [0.25, 0.3) is 16.0 Å². The molecular formula is C33H34N2O6S. The Balaban J connectivity index is 1.62. The standard InChI is InChI=1S/C33H34N2O6S/c1-5-39-23-12-10-21(11-13-23)30(36)28-29(22-8-7-9-24(18-22)41-17-16-20(3)4)35(32(38)31(28)37)33-34-26-15-14-25(40-6-2)19-27(26)42-33/h7-15,18-20,29,36H,5-6,16-17H2,1-4H3/b30-28+. The molecule has 0 bridgehead atoms. The quantitative estimate of drug-likeness (QED) is 0.113. The average molecular weight is 587 g/mol. The summed E-state index contributed by atoms with van der Waals surface area (Å²) in [7, 11) is 0. The smallest absolute Gasteiger partial charge is 0.301 e. The first-order chi connectivity index (χ1) is 20.3. The van der Waals surface area contributed by atoms with E-state index in [0.29, 0.717) is 64.8 Å². The average Bonchev–Trinajstić information content (AvgIpc) is 3.51. The van der Waals surface area contributed by atoms with Gasteiger partial charge in [-0.2, -0.15) is 0 Å². The van der Waals surface area contributed by atoms with Gasteiger partial charge < -0.3 is 19.3 Å². The van der Waals surface area contributed by atoms with Crippen LogP contribution in [0.1, 0.15) is 51.3 Å². The Morgan fingerprint density at radius 2 is 1.62 bits per heavy atom. The van der Waals surface area contributed by atoms with Gasteiger partial charge in [0, 0.05) is 5.56 Å². The van der Waals surface area contributed by atoms with E-state index in [9.17, 15) is 14.7 Å². The first kappa shape index (κ1) is 29.1. The third-order valence-electron chi connectivity index (χ3n) is 6.89. The molecule has 1 fully saturated rings. The predicted octanol–water partition coefficient (Wildman–Crippen LogP) is 7.14. The van der Waals surface area contributed by atoms with Gasteiger partial charge in [-0.3, -0.25) is 14.5 Å². The van der Waals surface area contributed by atoms with Crippen LogP contribution in [0.15, 0.2) is 72.3 Å². The number of hydrogen-bond acceptors (Lipinski definition) is 8. The van der Waals surface area contributed by atoms with Gasteiger partial charge in [-0.25, -0.2) is 4.98 Å². The van der Waals surface area contributed by atoms with Crippen LogP contribution in [0.3, 0.4) is 0 Å². The monoisotopic (exact) mass is 586 g/mol. The number of thiazole rings is 1. The van der Waals surface area contributed by atoms with Crippen molar-refractivity contribution in [3.05, 3.63) is 83.4 Å². The molecule has 2 heterocycles. The minimum absolute atomic E-state index is 0.0160. The molecule has 1 amide bonds. The molecule has 5 rings (SSSR count). The minimum Gasteiger partial charge on any atom is -0.507 e. The van der Waals surface area contributed by atoms with Crippen molar-refractivity contribution in [3.63, 3.8) is 0 Å². The summed E-state index contributed by atoms with van der Waals surface area (Å²) in [5.41, 5.74) is 1.68. The van der Waals surface area contributed by atoms with Crippen molar-refractivity contribution in [1.82, 2.24) is 4.98 Å². The number of ether oxygens (including phenoxy) is 3. The highest BCUT2D eigenvalue weighted by atomic mass is 32.1. The molecule has 8 nitrogen and oxygen atoms in total. The lowest BCUT2D eigenvalue weighted by Crippen LogP contribution is -2.29.